The van der Waals surface area contributed by atoms with E-state index in [0.29, 0.717) is 16.9 Å². The molecule has 3 rings (SSSR count). The van der Waals surface area contributed by atoms with E-state index < -0.39 is 4.92 Å². The lowest BCUT2D eigenvalue weighted by Gasteiger charge is -2.10. The molecule has 0 atom stereocenters. The van der Waals surface area contributed by atoms with Crippen molar-refractivity contribution in [3.05, 3.63) is 93.7 Å². The maximum absolute atomic E-state index is 11.0. The molecule has 0 unspecified atom stereocenters. The van der Waals surface area contributed by atoms with E-state index in [2.05, 4.69) is 21.6 Å². The van der Waals surface area contributed by atoms with E-state index in [1.165, 1.54) is 24.5 Å². The van der Waals surface area contributed by atoms with Crippen molar-refractivity contribution in [3.8, 4) is 11.8 Å². The molecule has 2 aromatic carbocycles. The van der Waals surface area contributed by atoms with Gasteiger partial charge in [0.15, 0.2) is 0 Å². The van der Waals surface area contributed by atoms with Gasteiger partial charge in [0.25, 0.3) is 0 Å². The minimum absolute atomic E-state index is 0.0464. The van der Waals surface area contributed by atoms with Crippen LogP contribution in [0.3, 0.4) is 0 Å². The van der Waals surface area contributed by atoms with Crippen molar-refractivity contribution in [2.75, 3.05) is 5.43 Å². The fraction of sp³-hybridized carbons (Fsp3) is 0.0500. The third kappa shape index (κ3) is 4.47. The molecule has 0 fully saturated rings. The normalized spacial score (nSPS) is 10.4. The van der Waals surface area contributed by atoms with Crippen molar-refractivity contribution < 1.29 is 9.66 Å². The van der Waals surface area contributed by atoms with Crippen molar-refractivity contribution in [1.82, 2.24) is 4.98 Å². The molecule has 0 saturated heterocycles. The number of aromatic nitrogens is 1. The van der Waals surface area contributed by atoms with Crippen molar-refractivity contribution in [2.24, 2.45) is 5.10 Å². The first-order valence-corrected chi connectivity index (χ1v) is 8.27. The Bertz CT molecular complexity index is 1060. The minimum atomic E-state index is -0.533. The first kappa shape index (κ1) is 18.5. The van der Waals surface area contributed by atoms with Gasteiger partial charge in [-0.25, -0.2) is 4.98 Å². The lowest BCUT2D eigenvalue weighted by Crippen LogP contribution is -2.02. The Morgan fingerprint density at radius 2 is 1.96 bits per heavy atom. The Hall–Kier alpha value is -4.25. The number of nitro groups is 1. The zero-order valence-electron chi connectivity index (χ0n) is 14.6. The first-order chi connectivity index (χ1) is 13.7. The second-order valence-electron chi connectivity index (χ2n) is 5.59. The highest BCUT2D eigenvalue weighted by Gasteiger charge is 2.13. The van der Waals surface area contributed by atoms with E-state index in [1.807, 2.05) is 24.3 Å². The second-order valence-corrected chi connectivity index (χ2v) is 5.59. The van der Waals surface area contributed by atoms with Gasteiger partial charge in [0.2, 0.25) is 5.82 Å². The van der Waals surface area contributed by atoms with E-state index in [1.54, 1.807) is 24.3 Å². The molecule has 8 heteroatoms. The monoisotopic (exact) mass is 373 g/mol. The van der Waals surface area contributed by atoms with Crippen LogP contribution in [0.2, 0.25) is 0 Å². The predicted molar refractivity (Wildman–Crippen MR) is 104 cm³/mol. The summed E-state index contributed by atoms with van der Waals surface area (Å²) in [6.07, 6.45) is 2.93. The van der Waals surface area contributed by atoms with Crippen LogP contribution < -0.4 is 10.2 Å². The van der Waals surface area contributed by atoms with Crippen LogP contribution in [-0.2, 0) is 6.61 Å². The summed E-state index contributed by atoms with van der Waals surface area (Å²) >= 11 is 0. The molecule has 1 N–H and O–H groups in total. The molecule has 0 aliphatic carbocycles. The molecule has 28 heavy (non-hydrogen) atoms. The van der Waals surface area contributed by atoms with E-state index >= 15 is 0 Å². The molecule has 0 spiro atoms. The van der Waals surface area contributed by atoms with Crippen LogP contribution in [-0.4, -0.2) is 16.1 Å². The number of hydrazone groups is 1. The summed E-state index contributed by atoms with van der Waals surface area (Å²) in [4.78, 5) is 14.4. The average molecular weight is 373 g/mol. The van der Waals surface area contributed by atoms with Gasteiger partial charge in [-0.3, -0.25) is 15.5 Å². The molecule has 0 radical (unpaired) electrons. The number of benzene rings is 2. The van der Waals surface area contributed by atoms with Gasteiger partial charge in [-0.1, -0.05) is 30.3 Å². The quantitative estimate of drug-likeness (QED) is 0.382. The fourth-order valence-corrected chi connectivity index (χ4v) is 2.42. The molecule has 1 heterocycles. The van der Waals surface area contributed by atoms with Gasteiger partial charge in [0, 0.05) is 23.4 Å². The number of rotatable bonds is 7. The second kappa shape index (κ2) is 8.91. The van der Waals surface area contributed by atoms with Gasteiger partial charge >= 0.3 is 5.69 Å². The standard InChI is InChI=1S/C20H15N5O3/c21-12-15-6-1-2-8-17(15)14-28-19-10-4-3-7-16(19)13-23-24-20-18(25(26)27)9-5-11-22-20/h1-11,13H,14H2,(H,22,24)/b23-13-. The van der Waals surface area contributed by atoms with Crippen molar-refractivity contribution in [2.45, 2.75) is 6.61 Å². The van der Waals surface area contributed by atoms with E-state index in [0.717, 1.165) is 5.56 Å². The maximum Gasteiger partial charge on any atom is 0.313 e. The summed E-state index contributed by atoms with van der Waals surface area (Å²) in [5, 5.41) is 24.2. The molecule has 0 saturated carbocycles. The van der Waals surface area contributed by atoms with Crippen LogP contribution >= 0.6 is 0 Å². The Balaban J connectivity index is 1.73. The Labute approximate surface area is 160 Å². The summed E-state index contributed by atoms with van der Waals surface area (Å²) in [5.41, 5.74) is 4.41. The molecule has 3 aromatic rings. The highest BCUT2D eigenvalue weighted by Crippen LogP contribution is 2.21. The number of anilines is 1. The third-order valence-electron chi connectivity index (χ3n) is 3.80. The third-order valence-corrected chi connectivity index (χ3v) is 3.80. The number of nitrogens with zero attached hydrogens (tertiary/aromatic N) is 4. The fourth-order valence-electron chi connectivity index (χ4n) is 2.42. The lowest BCUT2D eigenvalue weighted by molar-refractivity contribution is -0.384. The van der Waals surface area contributed by atoms with Crippen LogP contribution in [0.1, 0.15) is 16.7 Å². The molecule has 0 aliphatic rings. The number of pyridine rings is 1. The van der Waals surface area contributed by atoms with E-state index in [9.17, 15) is 10.1 Å². The van der Waals surface area contributed by atoms with Gasteiger partial charge in [-0.05, 0) is 24.3 Å². The Kier molecular flexibility index (Phi) is 5.90. The van der Waals surface area contributed by atoms with Crippen LogP contribution in [0, 0.1) is 21.4 Å². The Morgan fingerprint density at radius 1 is 1.18 bits per heavy atom. The van der Waals surface area contributed by atoms with Gasteiger partial charge in [0.05, 0.1) is 22.8 Å². The Morgan fingerprint density at radius 3 is 2.79 bits per heavy atom. The summed E-state index contributed by atoms with van der Waals surface area (Å²) in [6.45, 7) is 0.230. The van der Waals surface area contributed by atoms with Gasteiger partial charge in [0.1, 0.15) is 12.4 Å². The number of hydrogen-bond donors (Lipinski definition) is 1. The summed E-state index contributed by atoms with van der Waals surface area (Å²) in [7, 11) is 0. The number of ether oxygens (including phenoxy) is 1. The van der Waals surface area contributed by atoms with Crippen molar-refractivity contribution in [3.63, 3.8) is 0 Å². The van der Waals surface area contributed by atoms with Gasteiger partial charge in [-0.15, -0.1) is 0 Å². The van der Waals surface area contributed by atoms with Crippen molar-refractivity contribution >= 4 is 17.7 Å². The lowest BCUT2D eigenvalue weighted by atomic mass is 10.1. The molecular formula is C20H15N5O3. The number of nitrogens with one attached hydrogen (secondary N) is 1. The summed E-state index contributed by atoms with van der Waals surface area (Å²) < 4.78 is 5.84. The first-order valence-electron chi connectivity index (χ1n) is 8.27. The highest BCUT2D eigenvalue weighted by molar-refractivity contribution is 5.84. The minimum Gasteiger partial charge on any atom is -0.488 e. The van der Waals surface area contributed by atoms with Gasteiger partial charge in [-0.2, -0.15) is 10.4 Å². The van der Waals surface area contributed by atoms with Crippen LogP contribution in [0.4, 0.5) is 11.5 Å². The molecule has 1 aromatic heterocycles. The average Bonchev–Trinajstić information content (AvgIpc) is 2.73. The SMILES string of the molecule is N#Cc1ccccc1COc1ccccc1/C=N\Nc1ncccc1[N+](=O)[O-]. The number of para-hydroxylation sites is 1. The van der Waals surface area contributed by atoms with Crippen LogP contribution in [0.25, 0.3) is 0 Å². The number of hydrogen-bond acceptors (Lipinski definition) is 7. The molecule has 0 bridgehead atoms. The molecule has 8 nitrogen and oxygen atoms in total. The molecular weight excluding hydrogens is 358 g/mol. The maximum atomic E-state index is 11.0. The molecule has 0 amide bonds. The summed E-state index contributed by atoms with van der Waals surface area (Å²) in [5.74, 6) is 0.612. The predicted octanol–water partition coefficient (Wildman–Crippen LogP) is 3.89. The zero-order valence-corrected chi connectivity index (χ0v) is 14.6. The van der Waals surface area contributed by atoms with Crippen LogP contribution in [0.5, 0.6) is 5.75 Å². The molecule has 0 aliphatic heterocycles. The number of nitriles is 1. The van der Waals surface area contributed by atoms with E-state index in [-0.39, 0.29) is 18.1 Å². The van der Waals surface area contributed by atoms with Crippen molar-refractivity contribution in [1.29, 1.82) is 5.26 Å². The van der Waals surface area contributed by atoms with Gasteiger partial charge < -0.3 is 4.74 Å². The summed E-state index contributed by atoms with van der Waals surface area (Å²) in [6, 6.07) is 19.4. The topological polar surface area (TPSA) is 113 Å². The largest absolute Gasteiger partial charge is 0.488 e. The van der Waals surface area contributed by atoms with Crippen LogP contribution in [0.15, 0.2) is 72.0 Å². The smallest absolute Gasteiger partial charge is 0.313 e. The molecule has 138 valence electrons. The van der Waals surface area contributed by atoms with E-state index in [4.69, 9.17) is 10.00 Å². The zero-order chi connectivity index (χ0) is 19.8. The highest BCUT2D eigenvalue weighted by atomic mass is 16.6.